The van der Waals surface area contributed by atoms with Gasteiger partial charge in [0.2, 0.25) is 5.76 Å². The Bertz CT molecular complexity index is 572. The minimum Gasteiger partial charge on any atom is -0.507 e. The Morgan fingerprint density at radius 3 is 2.72 bits per heavy atom. The molecule has 0 spiro atoms. The van der Waals surface area contributed by atoms with Gasteiger partial charge in [-0.3, -0.25) is 0 Å². The van der Waals surface area contributed by atoms with E-state index in [-0.39, 0.29) is 11.5 Å². The van der Waals surface area contributed by atoms with Crippen LogP contribution in [0.4, 0.5) is 0 Å². The van der Waals surface area contributed by atoms with Crippen molar-refractivity contribution in [2.24, 2.45) is 5.16 Å². The third kappa shape index (κ3) is 2.57. The molecule has 18 heavy (non-hydrogen) atoms. The highest BCUT2D eigenvalue weighted by Crippen LogP contribution is 2.16. The molecule has 1 N–H and O–H groups in total. The molecule has 92 valence electrons. The fraction of sp³-hybridized carbons (Fsp3) is 0.0769. The Hall–Kier alpha value is -2.56. The zero-order valence-corrected chi connectivity index (χ0v) is 9.66. The van der Waals surface area contributed by atoms with Crippen LogP contribution < -0.4 is 0 Å². The number of phenolic OH excluding ortho intramolecular Hbond substituents is 1. The number of para-hydroxylation sites is 1. The predicted octanol–water partition coefficient (Wildman–Crippen LogP) is 2.57. The standard InChI is InChI=1S/C13H11NO4/c1-9(10-5-2-3-6-11(10)15)14-18-13(16)12-7-4-8-17-12/h2-8,15H,1H3. The van der Waals surface area contributed by atoms with E-state index in [1.165, 1.54) is 18.4 Å². The van der Waals surface area contributed by atoms with Gasteiger partial charge in [-0.15, -0.1) is 0 Å². The van der Waals surface area contributed by atoms with Crippen molar-refractivity contribution in [2.45, 2.75) is 6.92 Å². The second-order valence-corrected chi connectivity index (χ2v) is 3.55. The number of phenols is 1. The number of benzene rings is 1. The van der Waals surface area contributed by atoms with Crippen molar-refractivity contribution < 1.29 is 19.2 Å². The fourth-order valence-corrected chi connectivity index (χ4v) is 1.38. The molecule has 0 bridgehead atoms. The zero-order valence-electron chi connectivity index (χ0n) is 9.66. The number of rotatable bonds is 3. The maximum Gasteiger partial charge on any atom is 0.400 e. The molecule has 0 saturated heterocycles. The molecule has 2 aromatic rings. The smallest absolute Gasteiger partial charge is 0.400 e. The SMILES string of the molecule is CC(=NOC(=O)c1ccco1)c1ccccc1O. The van der Waals surface area contributed by atoms with E-state index >= 15 is 0 Å². The van der Waals surface area contributed by atoms with Crippen molar-refractivity contribution in [2.75, 3.05) is 0 Å². The van der Waals surface area contributed by atoms with Crippen molar-refractivity contribution in [3.05, 3.63) is 54.0 Å². The molecule has 0 aliphatic heterocycles. The minimum absolute atomic E-state index is 0.0730. The van der Waals surface area contributed by atoms with Crippen molar-refractivity contribution in [3.63, 3.8) is 0 Å². The number of hydrogen-bond donors (Lipinski definition) is 1. The van der Waals surface area contributed by atoms with E-state index in [1.54, 1.807) is 31.2 Å². The summed E-state index contributed by atoms with van der Waals surface area (Å²) in [7, 11) is 0. The van der Waals surface area contributed by atoms with Gasteiger partial charge in [0.25, 0.3) is 0 Å². The molecule has 0 aliphatic rings. The highest BCUT2D eigenvalue weighted by atomic mass is 16.7. The number of carbonyl (C=O) groups excluding carboxylic acids is 1. The Labute approximate surface area is 103 Å². The molecule has 0 saturated carbocycles. The molecule has 0 amide bonds. The first-order valence-electron chi connectivity index (χ1n) is 5.26. The van der Waals surface area contributed by atoms with Gasteiger partial charge in [0.1, 0.15) is 5.75 Å². The summed E-state index contributed by atoms with van der Waals surface area (Å²) in [5, 5.41) is 13.2. The molecule has 1 heterocycles. The van der Waals surface area contributed by atoms with E-state index in [0.29, 0.717) is 11.3 Å². The quantitative estimate of drug-likeness (QED) is 0.512. The Kier molecular flexibility index (Phi) is 3.43. The topological polar surface area (TPSA) is 72.0 Å². The molecule has 0 fully saturated rings. The molecular weight excluding hydrogens is 234 g/mol. The summed E-state index contributed by atoms with van der Waals surface area (Å²) in [6, 6.07) is 9.71. The lowest BCUT2D eigenvalue weighted by molar-refractivity contribution is 0.0480. The van der Waals surface area contributed by atoms with Gasteiger partial charge in [-0.1, -0.05) is 17.3 Å². The first kappa shape index (κ1) is 11.9. The van der Waals surface area contributed by atoms with Gasteiger partial charge in [-0.2, -0.15) is 0 Å². The molecule has 0 atom stereocenters. The summed E-state index contributed by atoms with van der Waals surface area (Å²) < 4.78 is 4.86. The van der Waals surface area contributed by atoms with E-state index in [1.807, 2.05) is 0 Å². The highest BCUT2D eigenvalue weighted by Gasteiger charge is 2.11. The molecule has 0 radical (unpaired) electrons. The Balaban J connectivity index is 2.11. The molecule has 5 heteroatoms. The number of furan rings is 1. The molecule has 0 aliphatic carbocycles. The predicted molar refractivity (Wildman–Crippen MR) is 64.4 cm³/mol. The van der Waals surface area contributed by atoms with Gasteiger partial charge >= 0.3 is 5.97 Å². The van der Waals surface area contributed by atoms with E-state index in [9.17, 15) is 9.90 Å². The van der Waals surface area contributed by atoms with Crippen LogP contribution in [0.15, 0.2) is 52.2 Å². The van der Waals surface area contributed by atoms with Crippen LogP contribution in [-0.2, 0) is 4.84 Å². The van der Waals surface area contributed by atoms with Crippen LogP contribution in [0.3, 0.4) is 0 Å². The number of carbonyl (C=O) groups is 1. The van der Waals surface area contributed by atoms with Gasteiger partial charge < -0.3 is 14.4 Å². The Morgan fingerprint density at radius 2 is 2.06 bits per heavy atom. The maximum atomic E-state index is 11.4. The molecule has 5 nitrogen and oxygen atoms in total. The van der Waals surface area contributed by atoms with Crippen molar-refractivity contribution in [1.82, 2.24) is 0 Å². The number of oxime groups is 1. The normalized spacial score (nSPS) is 11.3. The summed E-state index contributed by atoms with van der Waals surface area (Å²) >= 11 is 0. The summed E-state index contributed by atoms with van der Waals surface area (Å²) in [5.41, 5.74) is 0.901. The highest BCUT2D eigenvalue weighted by molar-refractivity contribution is 6.01. The lowest BCUT2D eigenvalue weighted by Crippen LogP contribution is -2.03. The largest absolute Gasteiger partial charge is 0.507 e. The monoisotopic (exact) mass is 245 g/mol. The third-order valence-electron chi connectivity index (χ3n) is 2.28. The second-order valence-electron chi connectivity index (χ2n) is 3.55. The van der Waals surface area contributed by atoms with Crippen LogP contribution in [0.2, 0.25) is 0 Å². The molecular formula is C13H11NO4. The lowest BCUT2D eigenvalue weighted by atomic mass is 10.1. The average molecular weight is 245 g/mol. The van der Waals surface area contributed by atoms with Gasteiger partial charge in [0, 0.05) is 5.56 Å². The first-order valence-corrected chi connectivity index (χ1v) is 5.26. The van der Waals surface area contributed by atoms with E-state index in [4.69, 9.17) is 9.25 Å². The van der Waals surface area contributed by atoms with Gasteiger partial charge in [-0.05, 0) is 31.2 Å². The van der Waals surface area contributed by atoms with Crippen LogP contribution in [-0.4, -0.2) is 16.8 Å². The summed E-state index contributed by atoms with van der Waals surface area (Å²) in [5.74, 6) is -0.536. The molecule has 0 unspecified atom stereocenters. The van der Waals surface area contributed by atoms with Gasteiger partial charge in [0.15, 0.2) is 0 Å². The van der Waals surface area contributed by atoms with E-state index in [2.05, 4.69) is 5.16 Å². The van der Waals surface area contributed by atoms with Gasteiger partial charge in [0.05, 0.1) is 12.0 Å². The lowest BCUT2D eigenvalue weighted by Gasteiger charge is -2.02. The average Bonchev–Trinajstić information content (AvgIpc) is 2.90. The third-order valence-corrected chi connectivity index (χ3v) is 2.28. The number of nitrogens with zero attached hydrogens (tertiary/aromatic N) is 1. The molecule has 1 aromatic heterocycles. The van der Waals surface area contributed by atoms with E-state index in [0.717, 1.165) is 0 Å². The first-order chi connectivity index (χ1) is 8.68. The van der Waals surface area contributed by atoms with Gasteiger partial charge in [-0.25, -0.2) is 4.79 Å². The summed E-state index contributed by atoms with van der Waals surface area (Å²) in [6.07, 6.45) is 1.37. The van der Waals surface area contributed by atoms with Crippen molar-refractivity contribution in [3.8, 4) is 5.75 Å². The van der Waals surface area contributed by atoms with Crippen LogP contribution in [0.1, 0.15) is 23.0 Å². The second kappa shape index (κ2) is 5.18. The fourth-order valence-electron chi connectivity index (χ4n) is 1.38. The number of aromatic hydroxyl groups is 1. The van der Waals surface area contributed by atoms with Crippen LogP contribution in [0.25, 0.3) is 0 Å². The maximum absolute atomic E-state index is 11.4. The van der Waals surface area contributed by atoms with Crippen molar-refractivity contribution >= 4 is 11.7 Å². The summed E-state index contributed by atoms with van der Waals surface area (Å²) in [4.78, 5) is 16.1. The molecule has 2 rings (SSSR count). The van der Waals surface area contributed by atoms with Crippen LogP contribution in [0.5, 0.6) is 5.75 Å². The Morgan fingerprint density at radius 1 is 1.28 bits per heavy atom. The van der Waals surface area contributed by atoms with E-state index < -0.39 is 5.97 Å². The van der Waals surface area contributed by atoms with Crippen molar-refractivity contribution in [1.29, 1.82) is 0 Å². The summed E-state index contributed by atoms with van der Waals surface area (Å²) in [6.45, 7) is 1.63. The number of hydrogen-bond acceptors (Lipinski definition) is 5. The minimum atomic E-state index is -0.685. The van der Waals surface area contributed by atoms with Crippen LogP contribution >= 0.6 is 0 Å². The van der Waals surface area contributed by atoms with Crippen LogP contribution in [0, 0.1) is 0 Å². The zero-order chi connectivity index (χ0) is 13.0. The molecule has 1 aromatic carbocycles.